The van der Waals surface area contributed by atoms with Crippen molar-refractivity contribution in [3.8, 4) is 5.75 Å². The maximum atomic E-state index is 5.80. The minimum atomic E-state index is 0.181. The zero-order valence-electron chi connectivity index (χ0n) is 10.4. The monoisotopic (exact) mass is 256 g/mol. The molecule has 0 saturated carbocycles. The standard InChI is InChI=1S/C13H21ClN2O/c1-3-10(2)8-12(16-15)9-17-13-6-4-11(14)5-7-13/h4-7,10,12,16H,3,8-9,15H2,1-2H3. The van der Waals surface area contributed by atoms with Crippen LogP contribution in [0.2, 0.25) is 5.02 Å². The summed E-state index contributed by atoms with van der Waals surface area (Å²) in [5.74, 6) is 6.97. The lowest BCUT2D eigenvalue weighted by molar-refractivity contribution is 0.241. The van der Waals surface area contributed by atoms with Gasteiger partial charge >= 0.3 is 0 Å². The molecule has 1 aromatic carbocycles. The van der Waals surface area contributed by atoms with Crippen LogP contribution in [0.5, 0.6) is 5.75 Å². The Labute approximate surface area is 108 Å². The zero-order chi connectivity index (χ0) is 12.7. The van der Waals surface area contributed by atoms with Crippen LogP contribution in [-0.2, 0) is 0 Å². The molecule has 0 bridgehead atoms. The number of nitrogens with one attached hydrogen (secondary N) is 1. The molecular weight excluding hydrogens is 236 g/mol. The summed E-state index contributed by atoms with van der Waals surface area (Å²) >= 11 is 5.80. The number of hydrazine groups is 1. The predicted molar refractivity (Wildman–Crippen MR) is 72.1 cm³/mol. The Hall–Kier alpha value is -0.770. The molecule has 3 N–H and O–H groups in total. The van der Waals surface area contributed by atoms with Crippen LogP contribution in [0.1, 0.15) is 26.7 Å². The van der Waals surface area contributed by atoms with Gasteiger partial charge in [-0.3, -0.25) is 11.3 Å². The first-order chi connectivity index (χ1) is 8.15. The minimum absolute atomic E-state index is 0.181. The maximum Gasteiger partial charge on any atom is 0.119 e. The van der Waals surface area contributed by atoms with E-state index in [0.29, 0.717) is 17.5 Å². The molecule has 0 amide bonds. The number of hydrogen-bond donors (Lipinski definition) is 2. The fourth-order valence-corrected chi connectivity index (χ4v) is 1.69. The fraction of sp³-hybridized carbons (Fsp3) is 0.538. The number of benzene rings is 1. The summed E-state index contributed by atoms with van der Waals surface area (Å²) in [6, 6.07) is 7.53. The van der Waals surface area contributed by atoms with E-state index in [0.717, 1.165) is 18.6 Å². The summed E-state index contributed by atoms with van der Waals surface area (Å²) in [6.07, 6.45) is 2.17. The SMILES string of the molecule is CCC(C)CC(COc1ccc(Cl)cc1)NN. The van der Waals surface area contributed by atoms with Crippen molar-refractivity contribution in [1.82, 2.24) is 5.43 Å². The van der Waals surface area contributed by atoms with E-state index in [9.17, 15) is 0 Å². The summed E-state index contributed by atoms with van der Waals surface area (Å²) in [7, 11) is 0. The van der Waals surface area contributed by atoms with Crippen LogP contribution in [0.15, 0.2) is 24.3 Å². The van der Waals surface area contributed by atoms with Gasteiger partial charge in [-0.15, -0.1) is 0 Å². The largest absolute Gasteiger partial charge is 0.492 e. The minimum Gasteiger partial charge on any atom is -0.492 e. The molecule has 0 radical (unpaired) electrons. The molecule has 0 heterocycles. The molecule has 0 aliphatic heterocycles. The van der Waals surface area contributed by atoms with E-state index in [4.69, 9.17) is 22.2 Å². The number of ether oxygens (including phenoxy) is 1. The van der Waals surface area contributed by atoms with Crippen molar-refractivity contribution in [1.29, 1.82) is 0 Å². The van der Waals surface area contributed by atoms with E-state index in [1.165, 1.54) is 0 Å². The molecule has 17 heavy (non-hydrogen) atoms. The number of hydrogen-bond acceptors (Lipinski definition) is 3. The second kappa shape index (κ2) is 7.54. The van der Waals surface area contributed by atoms with Gasteiger partial charge in [0.1, 0.15) is 12.4 Å². The summed E-state index contributed by atoms with van der Waals surface area (Å²) in [6.45, 7) is 4.97. The van der Waals surface area contributed by atoms with Crippen molar-refractivity contribution in [2.75, 3.05) is 6.61 Å². The van der Waals surface area contributed by atoms with E-state index < -0.39 is 0 Å². The molecule has 4 heteroatoms. The predicted octanol–water partition coefficient (Wildman–Crippen LogP) is 2.99. The van der Waals surface area contributed by atoms with Crippen LogP contribution in [0, 0.1) is 5.92 Å². The van der Waals surface area contributed by atoms with E-state index >= 15 is 0 Å². The van der Waals surface area contributed by atoms with E-state index in [2.05, 4.69) is 19.3 Å². The number of nitrogens with two attached hydrogens (primary N) is 1. The van der Waals surface area contributed by atoms with Gasteiger partial charge in [0.2, 0.25) is 0 Å². The summed E-state index contributed by atoms with van der Waals surface area (Å²) in [4.78, 5) is 0. The average Bonchev–Trinajstić information content (AvgIpc) is 2.36. The zero-order valence-corrected chi connectivity index (χ0v) is 11.2. The van der Waals surface area contributed by atoms with Gasteiger partial charge < -0.3 is 4.74 Å². The average molecular weight is 257 g/mol. The van der Waals surface area contributed by atoms with E-state index in [-0.39, 0.29) is 6.04 Å². The van der Waals surface area contributed by atoms with Crippen LogP contribution >= 0.6 is 11.6 Å². The Morgan fingerprint density at radius 3 is 2.53 bits per heavy atom. The van der Waals surface area contributed by atoms with Gasteiger partial charge in [0.15, 0.2) is 0 Å². The third kappa shape index (κ3) is 5.39. The molecule has 96 valence electrons. The highest BCUT2D eigenvalue weighted by molar-refractivity contribution is 6.30. The van der Waals surface area contributed by atoms with Crippen LogP contribution in [0.4, 0.5) is 0 Å². The second-order valence-corrected chi connectivity index (χ2v) is 4.81. The Morgan fingerprint density at radius 2 is 2.00 bits per heavy atom. The smallest absolute Gasteiger partial charge is 0.119 e. The van der Waals surface area contributed by atoms with Crippen LogP contribution in [0.3, 0.4) is 0 Å². The van der Waals surface area contributed by atoms with Crippen molar-refractivity contribution in [2.45, 2.75) is 32.7 Å². The highest BCUT2D eigenvalue weighted by atomic mass is 35.5. The lowest BCUT2D eigenvalue weighted by Gasteiger charge is -2.19. The Bertz CT molecular complexity index is 316. The van der Waals surface area contributed by atoms with Crippen LogP contribution in [-0.4, -0.2) is 12.6 Å². The van der Waals surface area contributed by atoms with Crippen molar-refractivity contribution in [3.05, 3.63) is 29.3 Å². The summed E-state index contributed by atoms with van der Waals surface area (Å²) in [5, 5.41) is 0.713. The molecule has 0 aromatic heterocycles. The summed E-state index contributed by atoms with van der Waals surface area (Å²) in [5.41, 5.74) is 2.80. The molecule has 0 aliphatic carbocycles. The third-order valence-electron chi connectivity index (χ3n) is 2.88. The summed E-state index contributed by atoms with van der Waals surface area (Å²) < 4.78 is 5.66. The van der Waals surface area contributed by atoms with Crippen molar-refractivity contribution < 1.29 is 4.74 Å². The molecule has 2 atom stereocenters. The fourth-order valence-electron chi connectivity index (χ4n) is 1.56. The first kappa shape index (κ1) is 14.3. The second-order valence-electron chi connectivity index (χ2n) is 4.38. The molecule has 0 fully saturated rings. The van der Waals surface area contributed by atoms with E-state index in [1.807, 2.05) is 24.3 Å². The highest BCUT2D eigenvalue weighted by Gasteiger charge is 2.11. The van der Waals surface area contributed by atoms with Gasteiger partial charge in [0, 0.05) is 5.02 Å². The van der Waals surface area contributed by atoms with Gasteiger partial charge in [-0.25, -0.2) is 0 Å². The van der Waals surface area contributed by atoms with Gasteiger partial charge in [0.05, 0.1) is 6.04 Å². The Kier molecular flexibility index (Phi) is 6.34. The van der Waals surface area contributed by atoms with Gasteiger partial charge in [0.25, 0.3) is 0 Å². The number of rotatable bonds is 7. The van der Waals surface area contributed by atoms with E-state index in [1.54, 1.807) is 0 Å². The topological polar surface area (TPSA) is 47.3 Å². The maximum absolute atomic E-state index is 5.80. The number of halogens is 1. The molecule has 1 rings (SSSR count). The Balaban J connectivity index is 2.39. The van der Waals surface area contributed by atoms with Crippen LogP contribution in [0.25, 0.3) is 0 Å². The highest BCUT2D eigenvalue weighted by Crippen LogP contribution is 2.16. The van der Waals surface area contributed by atoms with Crippen molar-refractivity contribution >= 4 is 11.6 Å². The lowest BCUT2D eigenvalue weighted by Crippen LogP contribution is -2.40. The quantitative estimate of drug-likeness (QED) is 0.582. The first-order valence-corrected chi connectivity index (χ1v) is 6.38. The lowest BCUT2D eigenvalue weighted by atomic mass is 10.0. The molecule has 3 nitrogen and oxygen atoms in total. The molecular formula is C13H21ClN2O. The third-order valence-corrected chi connectivity index (χ3v) is 3.14. The Morgan fingerprint density at radius 1 is 1.35 bits per heavy atom. The molecule has 0 saturated heterocycles. The van der Waals surface area contributed by atoms with Gasteiger partial charge in [-0.05, 0) is 36.6 Å². The van der Waals surface area contributed by atoms with Crippen LogP contribution < -0.4 is 16.0 Å². The molecule has 0 aliphatic rings. The normalized spacial score (nSPS) is 14.4. The molecule has 2 unspecified atom stereocenters. The molecule has 1 aromatic rings. The molecule has 0 spiro atoms. The van der Waals surface area contributed by atoms with Crippen molar-refractivity contribution in [3.63, 3.8) is 0 Å². The van der Waals surface area contributed by atoms with Gasteiger partial charge in [-0.2, -0.15) is 0 Å². The first-order valence-electron chi connectivity index (χ1n) is 6.00. The van der Waals surface area contributed by atoms with Crippen molar-refractivity contribution in [2.24, 2.45) is 11.8 Å². The van der Waals surface area contributed by atoms with Gasteiger partial charge in [-0.1, -0.05) is 31.9 Å².